The van der Waals surface area contributed by atoms with Gasteiger partial charge in [-0.3, -0.25) is 4.79 Å². The molecule has 0 radical (unpaired) electrons. The largest absolute Gasteiger partial charge is 0.490 e. The fourth-order valence-electron chi connectivity index (χ4n) is 3.98. The van der Waals surface area contributed by atoms with Crippen LogP contribution >= 0.6 is 0 Å². The molecule has 2 fully saturated rings. The first-order valence-corrected chi connectivity index (χ1v) is 9.58. The third-order valence-corrected chi connectivity index (χ3v) is 5.07. The molecule has 0 spiro atoms. The van der Waals surface area contributed by atoms with Gasteiger partial charge in [0.2, 0.25) is 0 Å². The van der Waals surface area contributed by atoms with E-state index in [4.69, 9.17) is 9.47 Å². The lowest BCUT2D eigenvalue weighted by Crippen LogP contribution is -2.50. The van der Waals surface area contributed by atoms with Crippen molar-refractivity contribution in [2.75, 3.05) is 0 Å². The van der Waals surface area contributed by atoms with E-state index in [0.717, 1.165) is 31.4 Å². The zero-order valence-electron chi connectivity index (χ0n) is 16.2. The number of benzene rings is 1. The fourth-order valence-corrected chi connectivity index (χ4v) is 3.98. The average Bonchev–Trinajstić information content (AvgIpc) is 2.84. The minimum atomic E-state index is -0.476. The van der Waals surface area contributed by atoms with E-state index in [0.29, 0.717) is 12.0 Å². The molecule has 1 amide bonds. The van der Waals surface area contributed by atoms with E-state index in [9.17, 15) is 9.59 Å². The standard InChI is InChI=1S/C21H29NO4/c1-5-19(23)14-7-6-8-17(11-14)25-18-12-15-9-10-16(13-18)22(15)20(24)26-21(2,3)4/h6-8,11,15-16,18H,5,9-10,12-13H2,1-4H3/t15-,16+,18?. The van der Waals surface area contributed by atoms with Gasteiger partial charge in [-0.05, 0) is 45.7 Å². The number of carbonyl (C=O) groups is 2. The lowest BCUT2D eigenvalue weighted by Gasteiger charge is -2.39. The maximum Gasteiger partial charge on any atom is 0.410 e. The van der Waals surface area contributed by atoms with E-state index in [1.54, 1.807) is 0 Å². The van der Waals surface area contributed by atoms with E-state index >= 15 is 0 Å². The molecule has 3 rings (SSSR count). The molecule has 5 nitrogen and oxygen atoms in total. The molecule has 2 aliphatic rings. The Kier molecular flexibility index (Phi) is 5.26. The van der Waals surface area contributed by atoms with Gasteiger partial charge >= 0.3 is 6.09 Å². The van der Waals surface area contributed by atoms with Gasteiger partial charge in [-0.2, -0.15) is 0 Å². The van der Waals surface area contributed by atoms with Crippen molar-refractivity contribution in [3.05, 3.63) is 29.8 Å². The van der Waals surface area contributed by atoms with Crippen LogP contribution in [0.15, 0.2) is 24.3 Å². The molecule has 3 atom stereocenters. The van der Waals surface area contributed by atoms with Crippen LogP contribution in [0, 0.1) is 0 Å². The van der Waals surface area contributed by atoms with Gasteiger partial charge < -0.3 is 14.4 Å². The minimum absolute atomic E-state index is 0.0677. The summed E-state index contributed by atoms with van der Waals surface area (Å²) in [5.41, 5.74) is 0.218. The molecule has 0 N–H and O–H groups in total. The van der Waals surface area contributed by atoms with Gasteiger partial charge in [0.05, 0.1) is 0 Å². The van der Waals surface area contributed by atoms with E-state index in [1.807, 2.05) is 56.9 Å². The highest BCUT2D eigenvalue weighted by Crippen LogP contribution is 2.38. The molecule has 26 heavy (non-hydrogen) atoms. The molecule has 0 aromatic heterocycles. The second-order valence-corrected chi connectivity index (χ2v) is 8.29. The summed E-state index contributed by atoms with van der Waals surface area (Å²) in [6.45, 7) is 7.55. The van der Waals surface area contributed by atoms with Gasteiger partial charge in [0.1, 0.15) is 17.5 Å². The van der Waals surface area contributed by atoms with Crippen LogP contribution in [0.1, 0.15) is 70.2 Å². The van der Waals surface area contributed by atoms with E-state index < -0.39 is 5.60 Å². The number of ketones is 1. The van der Waals surface area contributed by atoms with Gasteiger partial charge in [-0.15, -0.1) is 0 Å². The number of hydrogen-bond acceptors (Lipinski definition) is 4. The highest BCUT2D eigenvalue weighted by atomic mass is 16.6. The zero-order valence-corrected chi connectivity index (χ0v) is 16.2. The molecular formula is C21H29NO4. The van der Waals surface area contributed by atoms with E-state index in [2.05, 4.69) is 0 Å². The second kappa shape index (κ2) is 7.29. The Labute approximate surface area is 155 Å². The number of nitrogens with zero attached hydrogens (tertiary/aromatic N) is 1. The summed E-state index contributed by atoms with van der Waals surface area (Å²) in [7, 11) is 0. The van der Waals surface area contributed by atoms with Crippen LogP contribution in [-0.4, -0.2) is 40.6 Å². The van der Waals surface area contributed by atoms with Crippen molar-refractivity contribution >= 4 is 11.9 Å². The normalized spacial score (nSPS) is 25.1. The molecule has 142 valence electrons. The molecular weight excluding hydrogens is 330 g/mol. The van der Waals surface area contributed by atoms with Crippen LogP contribution < -0.4 is 4.74 Å². The Morgan fingerprint density at radius 2 is 1.81 bits per heavy atom. The summed E-state index contributed by atoms with van der Waals surface area (Å²) >= 11 is 0. The minimum Gasteiger partial charge on any atom is -0.490 e. The van der Waals surface area contributed by atoms with Crippen molar-refractivity contribution in [2.24, 2.45) is 0 Å². The number of rotatable bonds is 4. The number of hydrogen-bond donors (Lipinski definition) is 0. The van der Waals surface area contributed by atoms with Crippen LogP contribution in [0.2, 0.25) is 0 Å². The monoisotopic (exact) mass is 359 g/mol. The number of amides is 1. The Morgan fingerprint density at radius 1 is 1.15 bits per heavy atom. The van der Waals surface area contributed by atoms with Gasteiger partial charge in [0, 0.05) is 36.9 Å². The van der Waals surface area contributed by atoms with Crippen molar-refractivity contribution < 1.29 is 19.1 Å². The molecule has 0 aliphatic carbocycles. The summed E-state index contributed by atoms with van der Waals surface area (Å²) in [6, 6.07) is 7.77. The number of ether oxygens (including phenoxy) is 2. The summed E-state index contributed by atoms with van der Waals surface area (Å²) in [6.07, 6.45) is 3.96. The summed E-state index contributed by atoms with van der Waals surface area (Å²) in [5, 5.41) is 0. The van der Waals surface area contributed by atoms with Gasteiger partial charge in [-0.1, -0.05) is 19.1 Å². The van der Waals surface area contributed by atoms with Gasteiger partial charge in [-0.25, -0.2) is 4.79 Å². The third kappa shape index (κ3) is 4.19. The highest BCUT2D eigenvalue weighted by molar-refractivity contribution is 5.96. The van der Waals surface area contributed by atoms with Crippen molar-refractivity contribution in [3.8, 4) is 5.75 Å². The molecule has 2 aliphatic heterocycles. The maximum atomic E-state index is 12.5. The first kappa shape index (κ1) is 18.7. The van der Waals surface area contributed by atoms with Crippen molar-refractivity contribution in [1.29, 1.82) is 0 Å². The molecule has 1 aromatic carbocycles. The quantitative estimate of drug-likeness (QED) is 0.738. The first-order chi connectivity index (χ1) is 12.3. The fraction of sp³-hybridized carbons (Fsp3) is 0.619. The Hall–Kier alpha value is -2.04. The van der Waals surface area contributed by atoms with Gasteiger partial charge in [0.25, 0.3) is 0 Å². The second-order valence-electron chi connectivity index (χ2n) is 8.29. The molecule has 2 heterocycles. The zero-order chi connectivity index (χ0) is 18.9. The lowest BCUT2D eigenvalue weighted by atomic mass is 10.00. The third-order valence-electron chi connectivity index (χ3n) is 5.07. The number of fused-ring (bicyclic) bond motifs is 2. The van der Waals surface area contributed by atoms with E-state index in [-0.39, 0.29) is 30.1 Å². The Bertz CT molecular complexity index is 665. The Balaban J connectivity index is 1.64. The average molecular weight is 359 g/mol. The maximum absolute atomic E-state index is 12.5. The molecule has 1 aromatic rings. The van der Waals surface area contributed by atoms with Crippen molar-refractivity contribution in [1.82, 2.24) is 4.90 Å². The van der Waals surface area contributed by atoms with Crippen molar-refractivity contribution in [2.45, 2.75) is 83.6 Å². The SMILES string of the molecule is CCC(=O)c1cccc(OC2C[C@H]3CC[C@@H](C2)N3C(=O)OC(C)(C)C)c1. The lowest BCUT2D eigenvalue weighted by molar-refractivity contribution is -0.00709. The summed E-state index contributed by atoms with van der Waals surface area (Å²) in [5.74, 6) is 0.856. The predicted molar refractivity (Wildman–Crippen MR) is 99.6 cm³/mol. The van der Waals surface area contributed by atoms with Crippen LogP contribution in [0.4, 0.5) is 4.79 Å². The van der Waals surface area contributed by atoms with E-state index in [1.165, 1.54) is 0 Å². The molecule has 0 saturated carbocycles. The number of piperidine rings is 1. The summed E-state index contributed by atoms with van der Waals surface area (Å²) in [4.78, 5) is 26.3. The molecule has 1 unspecified atom stereocenters. The molecule has 2 saturated heterocycles. The van der Waals surface area contributed by atoms with Crippen LogP contribution in [0.3, 0.4) is 0 Å². The number of carbonyl (C=O) groups excluding carboxylic acids is 2. The predicted octanol–water partition coefficient (Wildman–Crippen LogP) is 4.59. The van der Waals surface area contributed by atoms with Gasteiger partial charge in [0.15, 0.2) is 5.78 Å². The Morgan fingerprint density at radius 3 is 2.38 bits per heavy atom. The molecule has 5 heteroatoms. The highest BCUT2D eigenvalue weighted by Gasteiger charge is 2.45. The smallest absolute Gasteiger partial charge is 0.410 e. The summed E-state index contributed by atoms with van der Waals surface area (Å²) < 4.78 is 11.7. The van der Waals surface area contributed by atoms with Crippen LogP contribution in [0.25, 0.3) is 0 Å². The van der Waals surface area contributed by atoms with Crippen LogP contribution in [-0.2, 0) is 4.74 Å². The topological polar surface area (TPSA) is 55.8 Å². The van der Waals surface area contributed by atoms with Crippen LogP contribution in [0.5, 0.6) is 5.75 Å². The van der Waals surface area contributed by atoms with Crippen molar-refractivity contribution in [3.63, 3.8) is 0 Å². The molecule has 2 bridgehead atoms. The first-order valence-electron chi connectivity index (χ1n) is 9.58. The number of Topliss-reactive ketones (excluding diaryl/α,β-unsaturated/α-hetero) is 1.